The van der Waals surface area contributed by atoms with Crippen LogP contribution >= 0.6 is 0 Å². The fraction of sp³-hybridized carbons (Fsp3) is 0.889. The minimum atomic E-state index is -3.99. The molecule has 0 saturated carbocycles. The Kier molecular flexibility index (Phi) is 7.28. The van der Waals surface area contributed by atoms with Gasteiger partial charge in [-0.3, -0.25) is 8.98 Å². The maximum Gasteiger partial charge on any atom is 0.399 e. The minimum Gasteiger partial charge on any atom is -0.454 e. The minimum absolute atomic E-state index is 0.232. The molecule has 0 amide bonds. The third-order valence-electron chi connectivity index (χ3n) is 1.83. The van der Waals surface area contributed by atoms with Crippen LogP contribution in [0.4, 0.5) is 0 Å². The second kappa shape index (κ2) is 7.59. The van der Waals surface area contributed by atoms with Gasteiger partial charge < -0.3 is 9.64 Å². The molecule has 7 nitrogen and oxygen atoms in total. The number of hydrogen-bond acceptors (Lipinski definition) is 6. The number of carbonyl (C=O) groups excluding carboxylic acids is 1. The van der Waals surface area contributed by atoms with E-state index >= 15 is 0 Å². The van der Waals surface area contributed by atoms with Crippen LogP contribution in [0.2, 0.25) is 0 Å². The van der Waals surface area contributed by atoms with Crippen LogP contribution in [0, 0.1) is 0 Å². The Hall–Kier alpha value is -0.700. The Labute approximate surface area is 102 Å². The average molecular weight is 270 g/mol. The standard InChI is InChI=1S/C9H19NO6S/c1-5-9(11)16-8(6-10(2)3)7-15-17(12,13)14-4/h8H,5-7H2,1-4H3/p+1. The molecule has 17 heavy (non-hydrogen) atoms. The van der Waals surface area contributed by atoms with Gasteiger partial charge in [-0.25, -0.2) is 4.18 Å². The molecule has 0 radical (unpaired) electrons. The topological polar surface area (TPSA) is 83.3 Å². The van der Waals surface area contributed by atoms with Crippen molar-refractivity contribution in [3.05, 3.63) is 0 Å². The molecule has 0 heterocycles. The molecule has 0 spiro atoms. The van der Waals surface area contributed by atoms with E-state index in [0.717, 1.165) is 12.0 Å². The summed E-state index contributed by atoms with van der Waals surface area (Å²) >= 11 is 0. The third-order valence-corrected chi connectivity index (χ3v) is 2.66. The lowest BCUT2D eigenvalue weighted by atomic mass is 10.3. The van der Waals surface area contributed by atoms with E-state index in [1.165, 1.54) is 0 Å². The Bertz CT molecular complexity index is 326. The fourth-order valence-corrected chi connectivity index (χ4v) is 1.48. The van der Waals surface area contributed by atoms with Crippen LogP contribution in [0.3, 0.4) is 0 Å². The zero-order chi connectivity index (χ0) is 13.5. The molecule has 0 aliphatic rings. The van der Waals surface area contributed by atoms with Crippen LogP contribution in [-0.4, -0.2) is 54.8 Å². The summed E-state index contributed by atoms with van der Waals surface area (Å²) in [6.45, 7) is 1.87. The van der Waals surface area contributed by atoms with Crippen molar-refractivity contribution in [3.8, 4) is 0 Å². The molecule has 1 N–H and O–H groups in total. The Morgan fingerprint density at radius 1 is 1.35 bits per heavy atom. The van der Waals surface area contributed by atoms with Crippen molar-refractivity contribution in [2.24, 2.45) is 0 Å². The molecule has 0 rings (SSSR count). The summed E-state index contributed by atoms with van der Waals surface area (Å²) < 4.78 is 35.6. The zero-order valence-corrected chi connectivity index (χ0v) is 11.4. The number of nitrogens with one attached hydrogen (secondary N) is 1. The number of rotatable bonds is 8. The van der Waals surface area contributed by atoms with Crippen molar-refractivity contribution in [3.63, 3.8) is 0 Å². The van der Waals surface area contributed by atoms with Crippen molar-refractivity contribution in [1.82, 2.24) is 0 Å². The van der Waals surface area contributed by atoms with E-state index in [9.17, 15) is 13.2 Å². The second-order valence-electron chi connectivity index (χ2n) is 3.74. The molecule has 1 atom stereocenters. The van der Waals surface area contributed by atoms with E-state index in [-0.39, 0.29) is 13.0 Å². The predicted molar refractivity (Wildman–Crippen MR) is 59.7 cm³/mol. The molecule has 0 aromatic carbocycles. The number of hydrogen-bond donors (Lipinski definition) is 1. The van der Waals surface area contributed by atoms with E-state index in [4.69, 9.17) is 4.74 Å². The van der Waals surface area contributed by atoms with Crippen molar-refractivity contribution in [2.75, 3.05) is 34.4 Å². The van der Waals surface area contributed by atoms with E-state index in [2.05, 4.69) is 8.37 Å². The van der Waals surface area contributed by atoms with Crippen molar-refractivity contribution < 1.29 is 31.2 Å². The highest BCUT2D eigenvalue weighted by Gasteiger charge is 2.21. The van der Waals surface area contributed by atoms with Gasteiger partial charge in [-0.1, -0.05) is 6.92 Å². The quantitative estimate of drug-likeness (QED) is 0.533. The number of likely N-dealkylation sites (N-methyl/N-ethyl adjacent to an activating group) is 1. The highest BCUT2D eigenvalue weighted by atomic mass is 32.3. The number of ether oxygens (including phenoxy) is 1. The fourth-order valence-electron chi connectivity index (χ4n) is 1.07. The summed E-state index contributed by atoms with van der Waals surface area (Å²) in [5.41, 5.74) is 0. The maximum absolute atomic E-state index is 11.1. The molecule has 1 unspecified atom stereocenters. The van der Waals surface area contributed by atoms with Crippen molar-refractivity contribution >= 4 is 16.4 Å². The van der Waals surface area contributed by atoms with E-state index in [1.54, 1.807) is 6.92 Å². The van der Waals surface area contributed by atoms with E-state index < -0.39 is 22.5 Å². The molecular formula is C9H20NO6S+. The largest absolute Gasteiger partial charge is 0.454 e. The van der Waals surface area contributed by atoms with Gasteiger partial charge >= 0.3 is 16.4 Å². The first kappa shape index (κ1) is 16.3. The molecule has 8 heteroatoms. The van der Waals surface area contributed by atoms with Gasteiger partial charge in [0.15, 0.2) is 6.10 Å². The monoisotopic (exact) mass is 270 g/mol. The van der Waals surface area contributed by atoms with Gasteiger partial charge in [0.25, 0.3) is 0 Å². The molecule has 0 saturated heterocycles. The number of quaternary nitrogens is 1. The number of esters is 1. The van der Waals surface area contributed by atoms with Crippen LogP contribution < -0.4 is 4.90 Å². The lowest BCUT2D eigenvalue weighted by Crippen LogP contribution is -3.07. The second-order valence-corrected chi connectivity index (χ2v) is 5.12. The lowest BCUT2D eigenvalue weighted by molar-refractivity contribution is -0.861. The first-order chi connectivity index (χ1) is 7.80. The molecule has 0 aromatic heterocycles. The van der Waals surface area contributed by atoms with Gasteiger partial charge in [-0.05, 0) is 0 Å². The van der Waals surface area contributed by atoms with E-state index in [1.807, 2.05) is 14.1 Å². The van der Waals surface area contributed by atoms with Crippen LogP contribution in [0.1, 0.15) is 13.3 Å². The van der Waals surface area contributed by atoms with Gasteiger partial charge in [-0.2, -0.15) is 8.42 Å². The lowest BCUT2D eigenvalue weighted by Gasteiger charge is -2.18. The van der Waals surface area contributed by atoms with Crippen LogP contribution in [-0.2, 0) is 28.3 Å². The van der Waals surface area contributed by atoms with Crippen LogP contribution in [0.25, 0.3) is 0 Å². The molecule has 0 aliphatic carbocycles. The van der Waals surface area contributed by atoms with Crippen LogP contribution in [0.5, 0.6) is 0 Å². The molecule has 102 valence electrons. The summed E-state index contributed by atoms with van der Waals surface area (Å²) in [4.78, 5) is 12.1. The predicted octanol–water partition coefficient (Wildman–Crippen LogP) is -1.64. The smallest absolute Gasteiger partial charge is 0.399 e. The Morgan fingerprint density at radius 2 is 1.94 bits per heavy atom. The normalized spacial score (nSPS) is 13.7. The van der Waals surface area contributed by atoms with Gasteiger partial charge in [-0.15, -0.1) is 0 Å². The molecular weight excluding hydrogens is 250 g/mol. The molecule has 0 aromatic rings. The summed E-state index contributed by atoms with van der Waals surface area (Å²) in [5.74, 6) is -0.394. The van der Waals surface area contributed by atoms with Gasteiger partial charge in [0.05, 0.1) is 21.2 Å². The summed E-state index contributed by atoms with van der Waals surface area (Å²) in [7, 11) is 0.724. The summed E-state index contributed by atoms with van der Waals surface area (Å²) in [6, 6.07) is 0. The Morgan fingerprint density at radius 3 is 2.35 bits per heavy atom. The summed E-state index contributed by atoms with van der Waals surface area (Å²) in [6.07, 6.45) is -0.381. The van der Waals surface area contributed by atoms with Crippen molar-refractivity contribution in [1.29, 1.82) is 0 Å². The molecule has 0 aliphatic heterocycles. The van der Waals surface area contributed by atoms with Gasteiger partial charge in [0, 0.05) is 6.42 Å². The first-order valence-electron chi connectivity index (χ1n) is 5.24. The zero-order valence-electron chi connectivity index (χ0n) is 10.6. The highest BCUT2D eigenvalue weighted by Crippen LogP contribution is 1.99. The SMILES string of the molecule is CCC(=O)OC(COS(=O)(=O)OC)C[NH+](C)C. The van der Waals surface area contributed by atoms with Crippen LogP contribution in [0.15, 0.2) is 0 Å². The summed E-state index contributed by atoms with van der Waals surface area (Å²) in [5, 5.41) is 0. The molecule has 0 fully saturated rings. The van der Waals surface area contributed by atoms with E-state index in [0.29, 0.717) is 6.54 Å². The first-order valence-corrected chi connectivity index (χ1v) is 6.57. The maximum atomic E-state index is 11.1. The molecule has 0 bridgehead atoms. The highest BCUT2D eigenvalue weighted by molar-refractivity contribution is 7.81. The third kappa shape index (κ3) is 8.08. The number of carbonyl (C=O) groups is 1. The van der Waals surface area contributed by atoms with Crippen molar-refractivity contribution in [2.45, 2.75) is 19.4 Å². The Balaban J connectivity index is 4.34. The average Bonchev–Trinajstić information content (AvgIpc) is 2.25. The van der Waals surface area contributed by atoms with Gasteiger partial charge in [0.1, 0.15) is 13.2 Å². The van der Waals surface area contributed by atoms with Gasteiger partial charge in [0.2, 0.25) is 0 Å².